The van der Waals surface area contributed by atoms with Crippen LogP contribution in [0, 0.1) is 11.8 Å². The first-order valence-electron chi connectivity index (χ1n) is 10.3. The topological polar surface area (TPSA) is 32.8 Å². The summed E-state index contributed by atoms with van der Waals surface area (Å²) < 4.78 is 6.53. The maximum absolute atomic E-state index is 13.7. The van der Waals surface area contributed by atoms with Crippen molar-refractivity contribution in [3.8, 4) is 0 Å². The zero-order valence-corrected chi connectivity index (χ0v) is 17.0. The van der Waals surface area contributed by atoms with Crippen LogP contribution in [0.3, 0.4) is 0 Å². The Labute approximate surface area is 166 Å². The van der Waals surface area contributed by atoms with Crippen molar-refractivity contribution in [3.05, 3.63) is 34.9 Å². The van der Waals surface area contributed by atoms with E-state index in [2.05, 4.69) is 23.9 Å². The van der Waals surface area contributed by atoms with Crippen molar-refractivity contribution >= 4 is 17.5 Å². The number of hydrogen-bond donors (Lipinski definition) is 0. The molecular formula is C22H29ClN2O2. The standard InChI is InChI=1S/C22H29ClN2O2/c1-24(2)12-17-18-13-25(14-22(18)11-8-19(17)27-22)20(26)21(9-3-10-21)15-4-6-16(23)7-5-15/h4-7,17-19H,3,8-14H2,1-2H3/t17-,18+,19+,22+/m1/s1. The highest BCUT2D eigenvalue weighted by Crippen LogP contribution is 2.56. The van der Waals surface area contributed by atoms with Gasteiger partial charge < -0.3 is 14.5 Å². The zero-order chi connectivity index (χ0) is 18.8. The SMILES string of the molecule is CN(C)C[C@H]1[C@@H]2CC[C@@]3(CN(C(=O)C4(c5ccc(Cl)cc5)CCC4)C[C@@H]13)O2. The molecule has 1 aromatic rings. The summed E-state index contributed by atoms with van der Waals surface area (Å²) in [5.41, 5.74) is 0.716. The molecule has 4 nitrogen and oxygen atoms in total. The predicted octanol–water partition coefficient (Wildman–Crippen LogP) is 3.33. The summed E-state index contributed by atoms with van der Waals surface area (Å²) in [6.07, 6.45) is 5.68. The smallest absolute Gasteiger partial charge is 0.233 e. The fraction of sp³-hybridized carbons (Fsp3) is 0.682. The number of likely N-dealkylation sites (tertiary alicyclic amines) is 1. The number of carbonyl (C=O) groups excluding carboxylic acids is 1. The van der Waals surface area contributed by atoms with Gasteiger partial charge in [-0.2, -0.15) is 0 Å². The third-order valence-corrected chi connectivity index (χ3v) is 7.91. The van der Waals surface area contributed by atoms with Crippen LogP contribution in [0.25, 0.3) is 0 Å². The lowest BCUT2D eigenvalue weighted by molar-refractivity contribution is -0.141. The molecule has 4 atom stereocenters. The van der Waals surface area contributed by atoms with Crippen LogP contribution in [-0.2, 0) is 14.9 Å². The quantitative estimate of drug-likeness (QED) is 0.793. The van der Waals surface area contributed by atoms with Gasteiger partial charge in [-0.15, -0.1) is 0 Å². The van der Waals surface area contributed by atoms with Gasteiger partial charge in [-0.3, -0.25) is 4.79 Å². The first-order valence-corrected chi connectivity index (χ1v) is 10.7. The highest BCUT2D eigenvalue weighted by Gasteiger charge is 2.64. The van der Waals surface area contributed by atoms with E-state index in [0.717, 1.165) is 62.3 Å². The van der Waals surface area contributed by atoms with Gasteiger partial charge in [-0.1, -0.05) is 30.2 Å². The third-order valence-electron chi connectivity index (χ3n) is 7.66. The summed E-state index contributed by atoms with van der Waals surface area (Å²) in [7, 11) is 4.28. The van der Waals surface area contributed by atoms with Crippen LogP contribution >= 0.6 is 11.6 Å². The van der Waals surface area contributed by atoms with E-state index in [1.54, 1.807) is 0 Å². The molecule has 3 aliphatic heterocycles. The molecule has 0 N–H and O–H groups in total. The molecule has 2 bridgehead atoms. The van der Waals surface area contributed by atoms with E-state index in [9.17, 15) is 4.79 Å². The molecule has 0 radical (unpaired) electrons. The minimum absolute atomic E-state index is 0.0774. The number of hydrogen-bond acceptors (Lipinski definition) is 3. The second-order valence-corrected chi connectivity index (χ2v) is 9.86. The number of fused-ring (bicyclic) bond motifs is 1. The van der Waals surface area contributed by atoms with Gasteiger partial charge in [0.1, 0.15) is 0 Å². The monoisotopic (exact) mass is 388 g/mol. The Morgan fingerprint density at radius 2 is 2.00 bits per heavy atom. The van der Waals surface area contributed by atoms with Crippen LogP contribution < -0.4 is 0 Å². The van der Waals surface area contributed by atoms with Gasteiger partial charge in [0.05, 0.1) is 23.7 Å². The number of halogens is 1. The number of benzene rings is 1. The van der Waals surface area contributed by atoms with Gasteiger partial charge in [0.2, 0.25) is 5.91 Å². The number of nitrogens with zero attached hydrogens (tertiary/aromatic N) is 2. The van der Waals surface area contributed by atoms with E-state index in [1.165, 1.54) is 0 Å². The van der Waals surface area contributed by atoms with Gasteiger partial charge in [-0.25, -0.2) is 0 Å². The lowest BCUT2D eigenvalue weighted by atomic mass is 9.63. The van der Waals surface area contributed by atoms with Crippen molar-refractivity contribution in [2.75, 3.05) is 33.7 Å². The van der Waals surface area contributed by atoms with Crippen LogP contribution in [0.4, 0.5) is 0 Å². The van der Waals surface area contributed by atoms with E-state index in [0.29, 0.717) is 23.8 Å². The fourth-order valence-electron chi connectivity index (χ4n) is 6.24. The lowest BCUT2D eigenvalue weighted by Gasteiger charge is -2.43. The van der Waals surface area contributed by atoms with Crippen molar-refractivity contribution in [1.29, 1.82) is 0 Å². The Balaban J connectivity index is 1.40. The van der Waals surface area contributed by atoms with E-state index in [1.807, 2.05) is 24.3 Å². The summed E-state index contributed by atoms with van der Waals surface area (Å²) >= 11 is 6.08. The molecule has 0 aromatic heterocycles. The number of ether oxygens (including phenoxy) is 1. The van der Waals surface area contributed by atoms with Crippen molar-refractivity contribution < 1.29 is 9.53 Å². The summed E-state index contributed by atoms with van der Waals surface area (Å²) in [4.78, 5) is 18.1. The van der Waals surface area contributed by atoms with Gasteiger partial charge in [0.25, 0.3) is 0 Å². The highest BCUT2D eigenvalue weighted by molar-refractivity contribution is 6.30. The van der Waals surface area contributed by atoms with Crippen molar-refractivity contribution in [2.24, 2.45) is 11.8 Å². The van der Waals surface area contributed by atoms with Crippen molar-refractivity contribution in [2.45, 2.75) is 49.2 Å². The van der Waals surface area contributed by atoms with E-state index in [-0.39, 0.29) is 11.0 Å². The Morgan fingerprint density at radius 3 is 2.63 bits per heavy atom. The predicted molar refractivity (Wildman–Crippen MR) is 106 cm³/mol. The largest absolute Gasteiger partial charge is 0.369 e. The Bertz CT molecular complexity index is 745. The molecule has 1 amide bonds. The molecule has 3 heterocycles. The summed E-state index contributed by atoms with van der Waals surface area (Å²) in [6.45, 7) is 2.71. The Morgan fingerprint density at radius 1 is 1.26 bits per heavy atom. The van der Waals surface area contributed by atoms with E-state index >= 15 is 0 Å². The van der Waals surface area contributed by atoms with Gasteiger partial charge in [0.15, 0.2) is 0 Å². The maximum atomic E-state index is 13.7. The fourth-order valence-corrected chi connectivity index (χ4v) is 6.36. The van der Waals surface area contributed by atoms with Crippen molar-refractivity contribution in [1.82, 2.24) is 9.80 Å². The van der Waals surface area contributed by atoms with Gasteiger partial charge >= 0.3 is 0 Å². The van der Waals surface area contributed by atoms with Crippen LogP contribution in [0.5, 0.6) is 0 Å². The zero-order valence-electron chi connectivity index (χ0n) is 16.3. The number of rotatable bonds is 4. The normalized spacial score (nSPS) is 36.1. The molecule has 3 saturated heterocycles. The second kappa shape index (κ2) is 6.20. The summed E-state index contributed by atoms with van der Waals surface area (Å²) in [5.74, 6) is 1.36. The lowest BCUT2D eigenvalue weighted by Crippen LogP contribution is -2.51. The van der Waals surface area contributed by atoms with Crippen LogP contribution in [0.15, 0.2) is 24.3 Å². The van der Waals surface area contributed by atoms with E-state index in [4.69, 9.17) is 16.3 Å². The first-order chi connectivity index (χ1) is 12.9. The third kappa shape index (κ3) is 2.60. The van der Waals surface area contributed by atoms with Gasteiger partial charge in [0, 0.05) is 29.9 Å². The molecule has 5 rings (SSSR count). The second-order valence-electron chi connectivity index (χ2n) is 9.42. The molecular weight excluding hydrogens is 360 g/mol. The molecule has 1 saturated carbocycles. The molecule has 27 heavy (non-hydrogen) atoms. The summed E-state index contributed by atoms with van der Waals surface area (Å²) in [6, 6.07) is 7.93. The number of carbonyl (C=O) groups is 1. The molecule has 4 fully saturated rings. The van der Waals surface area contributed by atoms with Gasteiger partial charge in [-0.05, 0) is 57.5 Å². The van der Waals surface area contributed by atoms with E-state index < -0.39 is 0 Å². The minimum Gasteiger partial charge on any atom is -0.369 e. The summed E-state index contributed by atoms with van der Waals surface area (Å²) in [5, 5.41) is 0.729. The average molecular weight is 389 g/mol. The van der Waals surface area contributed by atoms with Crippen LogP contribution in [0.2, 0.25) is 5.02 Å². The molecule has 146 valence electrons. The van der Waals surface area contributed by atoms with Crippen LogP contribution in [0.1, 0.15) is 37.7 Å². The Hall–Kier alpha value is -1.10. The highest BCUT2D eigenvalue weighted by atomic mass is 35.5. The molecule has 0 unspecified atom stereocenters. The molecule has 1 spiro atoms. The molecule has 1 aromatic carbocycles. The molecule has 5 heteroatoms. The maximum Gasteiger partial charge on any atom is 0.233 e. The number of amides is 1. The van der Waals surface area contributed by atoms with Crippen LogP contribution in [-0.4, -0.2) is 61.1 Å². The molecule has 1 aliphatic carbocycles. The van der Waals surface area contributed by atoms with Crippen molar-refractivity contribution in [3.63, 3.8) is 0 Å². The molecule has 4 aliphatic rings. The first kappa shape index (κ1) is 18.0. The Kier molecular flexibility index (Phi) is 4.12. The minimum atomic E-state index is -0.338. The average Bonchev–Trinajstić information content (AvgIpc) is 3.25.